The molecular weight excluding hydrogens is 558 g/mol. The molecule has 3 fully saturated rings. The molecule has 3 unspecified atom stereocenters. The zero-order valence-electron chi connectivity index (χ0n) is 21.6. The van der Waals surface area contributed by atoms with Crippen LogP contribution < -0.4 is 9.80 Å². The number of benzene rings is 1. The number of carbonyl (C=O) groups excluding carboxylic acids is 3. The predicted molar refractivity (Wildman–Crippen MR) is 150 cm³/mol. The van der Waals surface area contributed by atoms with Crippen molar-refractivity contribution in [1.29, 1.82) is 0 Å². The van der Waals surface area contributed by atoms with Crippen molar-refractivity contribution >= 4 is 56.9 Å². The fourth-order valence-electron chi connectivity index (χ4n) is 6.30. The van der Waals surface area contributed by atoms with E-state index in [0.717, 1.165) is 18.8 Å². The first kappa shape index (κ1) is 28.0. The second-order valence-electron chi connectivity index (χ2n) is 9.60. The minimum atomic E-state index is -0.811. The lowest BCUT2D eigenvalue weighted by molar-refractivity contribution is -0.153. The normalized spacial score (nSPS) is 29.8. The highest BCUT2D eigenvalue weighted by Crippen LogP contribution is 2.68. The summed E-state index contributed by atoms with van der Waals surface area (Å²) in [5, 5.41) is 9.67. The van der Waals surface area contributed by atoms with Crippen LogP contribution in [0.3, 0.4) is 0 Å². The Bertz CT molecular complexity index is 1040. The molecule has 3 aliphatic heterocycles. The van der Waals surface area contributed by atoms with Crippen molar-refractivity contribution in [2.24, 2.45) is 11.8 Å². The van der Waals surface area contributed by atoms with Crippen LogP contribution in [0.5, 0.6) is 0 Å². The molecule has 1 N–H and O–H groups in total. The first-order valence-electron chi connectivity index (χ1n) is 13.0. The number of β-amino-alcohol motifs (C(OH)–C–C–N with tert-alkyl or cyclic N) is 1. The predicted octanol–water partition coefficient (Wildman–Crippen LogP) is 3.07. The molecule has 2 amide bonds. The van der Waals surface area contributed by atoms with Gasteiger partial charge in [-0.3, -0.25) is 14.4 Å². The van der Waals surface area contributed by atoms with Crippen LogP contribution in [0.1, 0.15) is 27.2 Å². The Hall–Kier alpha value is -2.04. The first-order chi connectivity index (χ1) is 17.8. The van der Waals surface area contributed by atoms with Gasteiger partial charge in [0.2, 0.25) is 5.91 Å². The van der Waals surface area contributed by atoms with Gasteiger partial charge in [0.05, 0.1) is 29.8 Å². The second kappa shape index (κ2) is 11.4. The summed E-state index contributed by atoms with van der Waals surface area (Å²) in [5.41, 5.74) is 1.78. The number of nitrogens with zero attached hydrogens (tertiary/aromatic N) is 3. The summed E-state index contributed by atoms with van der Waals surface area (Å²) >= 11 is 5.30. The Balaban J connectivity index is 1.73. The van der Waals surface area contributed by atoms with E-state index in [1.165, 1.54) is 4.90 Å². The van der Waals surface area contributed by atoms with Gasteiger partial charge in [0, 0.05) is 47.6 Å². The molecular formula is C27H36BrN3O5S. The average molecular weight is 595 g/mol. The topological polar surface area (TPSA) is 90.4 Å². The fraction of sp³-hybridized carbons (Fsp3) is 0.593. The number of esters is 1. The number of rotatable bonds is 11. The number of alkyl halides is 1. The molecule has 0 saturated carbocycles. The molecule has 2 bridgehead atoms. The highest BCUT2D eigenvalue weighted by molar-refractivity contribution is 9.09. The molecule has 4 rings (SSSR count). The molecule has 202 valence electrons. The number of likely N-dealkylation sites (tertiary alicyclic amines) is 1. The molecule has 1 aromatic carbocycles. The van der Waals surface area contributed by atoms with Gasteiger partial charge in [0.1, 0.15) is 6.04 Å². The summed E-state index contributed by atoms with van der Waals surface area (Å²) < 4.78 is 4.59. The third-order valence-electron chi connectivity index (χ3n) is 7.79. The van der Waals surface area contributed by atoms with E-state index in [0.29, 0.717) is 12.1 Å². The summed E-state index contributed by atoms with van der Waals surface area (Å²) in [6.45, 7) is 11.8. The van der Waals surface area contributed by atoms with Gasteiger partial charge in [-0.15, -0.1) is 18.3 Å². The maximum Gasteiger partial charge on any atom is 0.310 e. The van der Waals surface area contributed by atoms with Crippen LogP contribution in [-0.4, -0.2) is 88.0 Å². The van der Waals surface area contributed by atoms with Crippen molar-refractivity contribution in [3.05, 3.63) is 36.9 Å². The number of ether oxygens (including phenoxy) is 1. The summed E-state index contributed by atoms with van der Waals surface area (Å²) in [5.74, 6) is -2.16. The standard InChI is InChI=1S/C27H36BrN3O5S/c1-5-13-30(18-11-9-17(10-12-18)29(6-2)7-3)25(34)23-27-16-19(28)22(37-27)20(26(35)36-8-4)21(27)24(33)31(23)14-15-32/h5,9-12,19-23,32H,1,6-8,13-16H2,2-4H3/t19?,20-,21+,22-,23?,27?/m1/s1. The smallest absolute Gasteiger partial charge is 0.310 e. The molecule has 37 heavy (non-hydrogen) atoms. The molecule has 0 aromatic heterocycles. The monoisotopic (exact) mass is 593 g/mol. The lowest BCUT2D eigenvalue weighted by atomic mass is 9.71. The third-order valence-corrected chi connectivity index (χ3v) is 11.0. The Morgan fingerprint density at radius 3 is 2.46 bits per heavy atom. The SMILES string of the molecule is C=CCN(C(=O)C1N(CCO)C(=O)[C@@H]2[C@@H](C(=O)OCC)[C@@H]3SC12CC3Br)c1ccc(N(CC)CC)cc1. The van der Waals surface area contributed by atoms with E-state index in [1.807, 2.05) is 24.3 Å². The summed E-state index contributed by atoms with van der Waals surface area (Å²) in [4.78, 5) is 46.5. The van der Waals surface area contributed by atoms with E-state index in [1.54, 1.807) is 29.7 Å². The number of hydrogen-bond donors (Lipinski definition) is 1. The van der Waals surface area contributed by atoms with Crippen LogP contribution in [0.2, 0.25) is 0 Å². The molecule has 0 radical (unpaired) electrons. The van der Waals surface area contributed by atoms with Crippen molar-refractivity contribution in [2.45, 2.75) is 48.1 Å². The summed E-state index contributed by atoms with van der Waals surface area (Å²) in [6.07, 6.45) is 2.25. The minimum absolute atomic E-state index is 0.0264. The highest BCUT2D eigenvalue weighted by atomic mass is 79.9. The van der Waals surface area contributed by atoms with E-state index < -0.39 is 28.6 Å². The van der Waals surface area contributed by atoms with E-state index >= 15 is 0 Å². The maximum atomic E-state index is 14.4. The zero-order valence-corrected chi connectivity index (χ0v) is 24.0. The fourth-order valence-corrected chi connectivity index (χ4v) is 9.89. The number of amides is 2. The number of aliphatic hydroxyl groups is 1. The van der Waals surface area contributed by atoms with Crippen molar-refractivity contribution in [1.82, 2.24) is 4.90 Å². The summed E-state index contributed by atoms with van der Waals surface area (Å²) in [6, 6.07) is 7.03. The van der Waals surface area contributed by atoms with Crippen molar-refractivity contribution in [3.8, 4) is 0 Å². The second-order valence-corrected chi connectivity index (χ2v) is 12.3. The van der Waals surface area contributed by atoms with Crippen molar-refractivity contribution in [3.63, 3.8) is 0 Å². The number of carbonyl (C=O) groups is 3. The van der Waals surface area contributed by atoms with Crippen LogP contribution in [-0.2, 0) is 19.1 Å². The van der Waals surface area contributed by atoms with Crippen molar-refractivity contribution in [2.75, 3.05) is 49.2 Å². The number of hydrogen-bond acceptors (Lipinski definition) is 7. The third kappa shape index (κ3) is 4.59. The maximum absolute atomic E-state index is 14.4. The highest BCUT2D eigenvalue weighted by Gasteiger charge is 2.76. The summed E-state index contributed by atoms with van der Waals surface area (Å²) in [7, 11) is 0. The van der Waals surface area contributed by atoms with E-state index in [2.05, 4.69) is 41.3 Å². The lowest BCUT2D eigenvalue weighted by Gasteiger charge is -2.37. The molecule has 8 nitrogen and oxygen atoms in total. The molecule has 10 heteroatoms. The van der Waals surface area contributed by atoms with Crippen LogP contribution in [0, 0.1) is 11.8 Å². The largest absolute Gasteiger partial charge is 0.466 e. The molecule has 0 aliphatic carbocycles. The van der Waals surface area contributed by atoms with Gasteiger partial charge in [-0.2, -0.15) is 0 Å². The van der Waals surface area contributed by atoms with Crippen LogP contribution in [0.15, 0.2) is 36.9 Å². The number of halogens is 1. The quantitative estimate of drug-likeness (QED) is 0.239. The van der Waals surface area contributed by atoms with Gasteiger partial charge in [-0.05, 0) is 51.5 Å². The molecule has 1 aromatic rings. The number of thioether (sulfide) groups is 1. The van der Waals surface area contributed by atoms with Gasteiger partial charge >= 0.3 is 5.97 Å². The Labute approximate surface area is 231 Å². The molecule has 3 aliphatic rings. The number of aliphatic hydroxyl groups excluding tert-OH is 1. The van der Waals surface area contributed by atoms with Gasteiger partial charge in [0.25, 0.3) is 5.91 Å². The van der Waals surface area contributed by atoms with Crippen LogP contribution >= 0.6 is 27.7 Å². The Morgan fingerprint density at radius 2 is 1.89 bits per heavy atom. The van der Waals surface area contributed by atoms with E-state index in [9.17, 15) is 19.5 Å². The van der Waals surface area contributed by atoms with Gasteiger partial charge in [-0.1, -0.05) is 22.0 Å². The Kier molecular flexibility index (Phi) is 8.60. The number of fused-ring (bicyclic) bond motifs is 1. The number of anilines is 2. The van der Waals surface area contributed by atoms with E-state index in [-0.39, 0.29) is 48.2 Å². The first-order valence-corrected chi connectivity index (χ1v) is 14.8. The van der Waals surface area contributed by atoms with E-state index in [4.69, 9.17) is 4.74 Å². The average Bonchev–Trinajstić information content (AvgIpc) is 3.47. The van der Waals surface area contributed by atoms with Crippen molar-refractivity contribution < 1.29 is 24.2 Å². The van der Waals surface area contributed by atoms with Gasteiger partial charge in [-0.25, -0.2) is 0 Å². The zero-order chi connectivity index (χ0) is 26.9. The minimum Gasteiger partial charge on any atom is -0.466 e. The van der Waals surface area contributed by atoms with Crippen LogP contribution in [0.25, 0.3) is 0 Å². The molecule has 3 saturated heterocycles. The van der Waals surface area contributed by atoms with Crippen LogP contribution in [0.4, 0.5) is 11.4 Å². The Morgan fingerprint density at radius 1 is 1.24 bits per heavy atom. The molecule has 1 spiro atoms. The molecule has 6 atom stereocenters. The van der Waals surface area contributed by atoms with Gasteiger partial charge in [0.15, 0.2) is 0 Å². The lowest BCUT2D eigenvalue weighted by Crippen LogP contribution is -2.56. The van der Waals surface area contributed by atoms with Gasteiger partial charge < -0.3 is 24.5 Å². The molecule has 3 heterocycles.